The van der Waals surface area contributed by atoms with Crippen LogP contribution in [-0.2, 0) is 0 Å². The van der Waals surface area contributed by atoms with Gasteiger partial charge in [0.1, 0.15) is 0 Å². The lowest BCUT2D eigenvalue weighted by Gasteiger charge is -1.96. The van der Waals surface area contributed by atoms with Crippen molar-refractivity contribution in [2.24, 2.45) is 0 Å². The fourth-order valence-electron chi connectivity index (χ4n) is 1.31. The molecule has 0 atom stereocenters. The highest BCUT2D eigenvalue weighted by Gasteiger charge is 2.03. The molecule has 0 saturated carbocycles. The molecule has 0 aliphatic heterocycles. The number of aliphatic hydroxyl groups is 1. The van der Waals surface area contributed by atoms with E-state index in [4.69, 9.17) is 5.11 Å². The van der Waals surface area contributed by atoms with Crippen LogP contribution in [0.15, 0.2) is 42.5 Å². The Morgan fingerprint density at radius 2 is 1.79 bits per heavy atom. The van der Waals surface area contributed by atoms with E-state index in [2.05, 4.69) is 17.2 Å². The Kier molecular flexibility index (Phi) is 2.33. The average molecular weight is 203 g/mol. The quantitative estimate of drug-likeness (QED) is 0.736. The van der Waals surface area contributed by atoms with Crippen molar-refractivity contribution < 1.29 is 5.11 Å². The highest BCUT2D eigenvalue weighted by atomic mass is 32.1. The van der Waals surface area contributed by atoms with Gasteiger partial charge >= 0.3 is 0 Å². The number of rotatable bonds is 2. The molecule has 0 unspecified atom stereocenters. The first-order valence-electron chi connectivity index (χ1n) is 4.25. The average Bonchev–Trinajstić information content (AvgIpc) is 2.68. The topological polar surface area (TPSA) is 36.0 Å². The maximum absolute atomic E-state index is 9.08. The summed E-state index contributed by atoms with van der Waals surface area (Å²) in [6.07, 6.45) is 0. The standard InChI is InChI=1S/C11H9NOS/c13-11(14)10-7-6-9(12-10)8-4-2-1-3-5-8/h1-7,12H,(H,13,14). The van der Waals surface area contributed by atoms with E-state index in [-0.39, 0.29) is 5.05 Å². The smallest absolute Gasteiger partial charge is 0.205 e. The summed E-state index contributed by atoms with van der Waals surface area (Å²) in [5.74, 6) is 0. The van der Waals surface area contributed by atoms with Gasteiger partial charge in [-0.3, -0.25) is 0 Å². The Morgan fingerprint density at radius 1 is 1.07 bits per heavy atom. The van der Waals surface area contributed by atoms with Crippen molar-refractivity contribution in [2.75, 3.05) is 0 Å². The number of aliphatic hydroxyl groups excluding tert-OH is 1. The zero-order valence-electron chi connectivity index (χ0n) is 7.40. The van der Waals surface area contributed by atoms with E-state index in [1.165, 1.54) is 0 Å². The molecule has 0 aliphatic rings. The number of benzene rings is 1. The molecule has 1 aromatic heterocycles. The van der Waals surface area contributed by atoms with Crippen molar-refractivity contribution in [1.82, 2.24) is 4.98 Å². The SMILES string of the molecule is OC(=S)c1ccc(-c2ccccc2)[nH]1. The molecule has 2 N–H and O–H groups in total. The molecule has 1 aromatic carbocycles. The molecule has 0 aliphatic carbocycles. The van der Waals surface area contributed by atoms with Gasteiger partial charge in [-0.15, -0.1) is 0 Å². The number of aromatic amines is 1. The summed E-state index contributed by atoms with van der Waals surface area (Å²) in [4.78, 5) is 3.04. The Hall–Kier alpha value is -1.61. The minimum Gasteiger partial charge on any atom is -0.497 e. The predicted octanol–water partition coefficient (Wildman–Crippen LogP) is 2.92. The molecule has 2 nitrogen and oxygen atoms in total. The number of hydrogen-bond acceptors (Lipinski definition) is 1. The molecule has 0 spiro atoms. The minimum absolute atomic E-state index is 0.104. The number of aromatic nitrogens is 1. The van der Waals surface area contributed by atoms with E-state index < -0.39 is 0 Å². The van der Waals surface area contributed by atoms with E-state index in [1.54, 1.807) is 6.07 Å². The molecule has 14 heavy (non-hydrogen) atoms. The Balaban J connectivity index is 2.39. The minimum atomic E-state index is -0.104. The van der Waals surface area contributed by atoms with E-state index in [9.17, 15) is 0 Å². The number of hydrogen-bond donors (Lipinski definition) is 2. The van der Waals surface area contributed by atoms with Crippen LogP contribution >= 0.6 is 12.2 Å². The molecule has 2 rings (SSSR count). The van der Waals surface area contributed by atoms with Crippen molar-refractivity contribution in [3.8, 4) is 11.3 Å². The third-order valence-corrected chi connectivity index (χ3v) is 2.22. The molecule has 3 heteroatoms. The first-order valence-corrected chi connectivity index (χ1v) is 4.66. The Morgan fingerprint density at radius 3 is 2.36 bits per heavy atom. The van der Waals surface area contributed by atoms with Gasteiger partial charge in [0.15, 0.2) is 0 Å². The molecule has 0 radical (unpaired) electrons. The van der Waals surface area contributed by atoms with Gasteiger partial charge in [-0.1, -0.05) is 30.3 Å². The molecule has 0 fully saturated rings. The van der Waals surface area contributed by atoms with Crippen molar-refractivity contribution >= 4 is 17.3 Å². The van der Waals surface area contributed by atoms with Crippen molar-refractivity contribution in [1.29, 1.82) is 0 Å². The maximum atomic E-state index is 9.08. The van der Waals surface area contributed by atoms with Crippen LogP contribution in [0, 0.1) is 0 Å². The van der Waals surface area contributed by atoms with Crippen LogP contribution in [0.25, 0.3) is 11.3 Å². The summed E-state index contributed by atoms with van der Waals surface area (Å²) >= 11 is 4.65. The first kappa shape index (κ1) is 8.97. The number of thiocarbonyl (C=S) groups is 1. The normalized spacial score (nSPS) is 10.0. The summed E-state index contributed by atoms with van der Waals surface area (Å²) in [6, 6.07) is 13.5. The summed E-state index contributed by atoms with van der Waals surface area (Å²) in [5, 5.41) is 8.98. The molecule has 1 heterocycles. The molecule has 0 amide bonds. The fraction of sp³-hybridized carbons (Fsp3) is 0. The molecular weight excluding hydrogens is 194 g/mol. The second-order valence-electron chi connectivity index (χ2n) is 2.96. The van der Waals surface area contributed by atoms with Gasteiger partial charge in [0.2, 0.25) is 5.05 Å². The highest BCUT2D eigenvalue weighted by Crippen LogP contribution is 2.17. The van der Waals surface area contributed by atoms with Gasteiger partial charge < -0.3 is 10.1 Å². The zero-order valence-corrected chi connectivity index (χ0v) is 8.21. The van der Waals surface area contributed by atoms with Crippen LogP contribution in [0.3, 0.4) is 0 Å². The van der Waals surface area contributed by atoms with Gasteiger partial charge in [0.25, 0.3) is 0 Å². The lowest BCUT2D eigenvalue weighted by Crippen LogP contribution is -1.93. The summed E-state index contributed by atoms with van der Waals surface area (Å²) < 4.78 is 0. The third kappa shape index (κ3) is 1.67. The van der Waals surface area contributed by atoms with Crippen molar-refractivity contribution in [3.63, 3.8) is 0 Å². The summed E-state index contributed by atoms with van der Waals surface area (Å²) in [5.41, 5.74) is 2.62. The van der Waals surface area contributed by atoms with Gasteiger partial charge in [0.05, 0.1) is 5.69 Å². The van der Waals surface area contributed by atoms with E-state index in [1.807, 2.05) is 36.4 Å². The summed E-state index contributed by atoms with van der Waals surface area (Å²) in [6.45, 7) is 0. The van der Waals surface area contributed by atoms with Crippen molar-refractivity contribution in [2.45, 2.75) is 0 Å². The summed E-state index contributed by atoms with van der Waals surface area (Å²) in [7, 11) is 0. The van der Waals surface area contributed by atoms with Crippen molar-refractivity contribution in [3.05, 3.63) is 48.2 Å². The monoisotopic (exact) mass is 203 g/mol. The predicted molar refractivity (Wildman–Crippen MR) is 60.6 cm³/mol. The molecule has 0 saturated heterocycles. The lowest BCUT2D eigenvalue weighted by molar-refractivity contribution is 0.569. The number of nitrogens with one attached hydrogen (secondary N) is 1. The van der Waals surface area contributed by atoms with Gasteiger partial charge in [-0.05, 0) is 29.9 Å². The van der Waals surface area contributed by atoms with Crippen LogP contribution in [-0.4, -0.2) is 15.1 Å². The van der Waals surface area contributed by atoms with Crippen LogP contribution in [0.4, 0.5) is 0 Å². The molecule has 2 aromatic rings. The second kappa shape index (κ2) is 3.64. The maximum Gasteiger partial charge on any atom is 0.205 e. The molecule has 70 valence electrons. The Labute approximate surface area is 87.2 Å². The second-order valence-corrected chi connectivity index (χ2v) is 3.34. The third-order valence-electron chi connectivity index (χ3n) is 2.00. The molecule has 0 bridgehead atoms. The first-order chi connectivity index (χ1) is 6.77. The highest BCUT2D eigenvalue weighted by molar-refractivity contribution is 7.80. The van der Waals surface area contributed by atoms with E-state index in [0.717, 1.165) is 11.3 Å². The lowest BCUT2D eigenvalue weighted by atomic mass is 10.2. The van der Waals surface area contributed by atoms with Gasteiger partial charge in [0, 0.05) is 5.69 Å². The number of H-pyrrole nitrogens is 1. The fourth-order valence-corrected chi connectivity index (χ4v) is 1.43. The van der Waals surface area contributed by atoms with Crippen LogP contribution in [0.1, 0.15) is 5.69 Å². The largest absolute Gasteiger partial charge is 0.497 e. The van der Waals surface area contributed by atoms with Gasteiger partial charge in [-0.2, -0.15) is 0 Å². The van der Waals surface area contributed by atoms with E-state index in [0.29, 0.717) is 5.69 Å². The Bertz CT molecular complexity index is 447. The molecular formula is C11H9NOS. The van der Waals surface area contributed by atoms with Crippen LogP contribution in [0.2, 0.25) is 0 Å². The van der Waals surface area contributed by atoms with Crippen LogP contribution < -0.4 is 0 Å². The van der Waals surface area contributed by atoms with Crippen LogP contribution in [0.5, 0.6) is 0 Å². The van der Waals surface area contributed by atoms with E-state index >= 15 is 0 Å². The van der Waals surface area contributed by atoms with Gasteiger partial charge in [-0.25, -0.2) is 0 Å². The zero-order chi connectivity index (χ0) is 9.97.